The van der Waals surface area contributed by atoms with Gasteiger partial charge >= 0.3 is 0 Å². The molecule has 3 nitrogen and oxygen atoms in total. The van der Waals surface area contributed by atoms with E-state index in [0.29, 0.717) is 11.4 Å². The lowest BCUT2D eigenvalue weighted by Crippen LogP contribution is -1.94. The molecule has 3 rings (SSSR count). The summed E-state index contributed by atoms with van der Waals surface area (Å²) in [5, 5.41) is 9.07. The smallest absolute Gasteiger partial charge is 0.237 e. The summed E-state index contributed by atoms with van der Waals surface area (Å²) in [4.78, 5) is 4.29. The number of fused-ring (bicyclic) bond motifs is 1. The molecule has 0 fully saturated rings. The number of pyridine rings is 1. The normalized spacial score (nSPS) is 12.8. The summed E-state index contributed by atoms with van der Waals surface area (Å²) in [5.74, 6) is 1.15. The van der Waals surface area contributed by atoms with Gasteiger partial charge in [-0.2, -0.15) is 5.26 Å². The van der Waals surface area contributed by atoms with Crippen molar-refractivity contribution in [1.82, 2.24) is 4.98 Å². The van der Waals surface area contributed by atoms with Crippen molar-refractivity contribution >= 4 is 0 Å². The van der Waals surface area contributed by atoms with Gasteiger partial charge < -0.3 is 4.74 Å². The Balaban J connectivity index is 1.93. The van der Waals surface area contributed by atoms with Crippen LogP contribution in [0, 0.1) is 18.3 Å². The second kappa shape index (κ2) is 4.74. The van der Waals surface area contributed by atoms with Gasteiger partial charge in [-0.15, -0.1) is 0 Å². The molecule has 1 aliphatic carbocycles. The average molecular weight is 250 g/mol. The third kappa shape index (κ3) is 2.30. The van der Waals surface area contributed by atoms with E-state index < -0.39 is 0 Å². The molecule has 0 saturated heterocycles. The van der Waals surface area contributed by atoms with Crippen molar-refractivity contribution in [1.29, 1.82) is 5.26 Å². The number of hydrogen-bond donors (Lipinski definition) is 0. The Labute approximate surface area is 112 Å². The first-order chi connectivity index (χ1) is 9.26. The van der Waals surface area contributed by atoms with Gasteiger partial charge in [0.25, 0.3) is 0 Å². The second-order valence-corrected chi connectivity index (χ2v) is 4.80. The summed E-state index contributed by atoms with van der Waals surface area (Å²) in [7, 11) is 0. The SMILES string of the molecule is Cc1ccc(C#N)c(Oc2ccc3c(c2)CCC3)n1. The molecule has 0 atom stereocenters. The maximum absolute atomic E-state index is 9.07. The van der Waals surface area contributed by atoms with Crippen LogP contribution in [0.15, 0.2) is 30.3 Å². The fourth-order valence-electron chi connectivity index (χ4n) is 2.42. The van der Waals surface area contributed by atoms with Crippen LogP contribution in [0.1, 0.15) is 28.8 Å². The zero-order valence-electron chi connectivity index (χ0n) is 10.8. The molecule has 2 aromatic rings. The van der Waals surface area contributed by atoms with Gasteiger partial charge in [0.1, 0.15) is 17.4 Å². The van der Waals surface area contributed by atoms with E-state index in [1.807, 2.05) is 19.1 Å². The van der Waals surface area contributed by atoms with Crippen LogP contribution in [0.4, 0.5) is 0 Å². The van der Waals surface area contributed by atoms with Crippen LogP contribution in [0.3, 0.4) is 0 Å². The van der Waals surface area contributed by atoms with Crippen LogP contribution in [0.5, 0.6) is 11.6 Å². The van der Waals surface area contributed by atoms with E-state index in [2.05, 4.69) is 23.2 Å². The average Bonchev–Trinajstić information content (AvgIpc) is 2.86. The first kappa shape index (κ1) is 11.7. The molecule has 0 unspecified atom stereocenters. The highest BCUT2D eigenvalue weighted by atomic mass is 16.5. The van der Waals surface area contributed by atoms with Crippen LogP contribution in [0.2, 0.25) is 0 Å². The van der Waals surface area contributed by atoms with Crippen LogP contribution in [0.25, 0.3) is 0 Å². The highest BCUT2D eigenvalue weighted by Gasteiger charge is 2.13. The van der Waals surface area contributed by atoms with Gasteiger partial charge in [0, 0.05) is 5.69 Å². The monoisotopic (exact) mass is 250 g/mol. The van der Waals surface area contributed by atoms with Crippen molar-refractivity contribution in [2.24, 2.45) is 0 Å². The molecule has 94 valence electrons. The highest BCUT2D eigenvalue weighted by Crippen LogP contribution is 2.29. The Morgan fingerprint density at radius 2 is 2.00 bits per heavy atom. The Morgan fingerprint density at radius 3 is 2.84 bits per heavy atom. The Kier molecular flexibility index (Phi) is 2.92. The van der Waals surface area contributed by atoms with Crippen molar-refractivity contribution in [2.45, 2.75) is 26.2 Å². The van der Waals surface area contributed by atoms with Gasteiger partial charge in [-0.25, -0.2) is 4.98 Å². The Hall–Kier alpha value is -2.34. The molecule has 0 bridgehead atoms. The summed E-state index contributed by atoms with van der Waals surface area (Å²) < 4.78 is 5.77. The Morgan fingerprint density at radius 1 is 1.16 bits per heavy atom. The zero-order chi connectivity index (χ0) is 13.2. The summed E-state index contributed by atoms with van der Waals surface area (Å²) in [6, 6.07) is 11.8. The fourth-order valence-corrected chi connectivity index (χ4v) is 2.42. The van der Waals surface area contributed by atoms with Gasteiger partial charge in [-0.1, -0.05) is 6.07 Å². The van der Waals surface area contributed by atoms with Gasteiger partial charge in [0.05, 0.1) is 0 Å². The van der Waals surface area contributed by atoms with Gasteiger partial charge in [0.15, 0.2) is 0 Å². The summed E-state index contributed by atoms with van der Waals surface area (Å²) in [5.41, 5.74) is 4.06. The third-order valence-corrected chi connectivity index (χ3v) is 3.40. The molecule has 0 radical (unpaired) electrons. The van der Waals surface area contributed by atoms with Gasteiger partial charge in [-0.3, -0.25) is 0 Å². The van der Waals surface area contributed by atoms with Crippen LogP contribution in [-0.2, 0) is 12.8 Å². The molecule has 1 heterocycles. The van der Waals surface area contributed by atoms with Crippen molar-refractivity contribution in [3.63, 3.8) is 0 Å². The standard InChI is InChI=1S/C16H14N2O/c1-11-5-6-14(10-17)16(18-11)19-15-8-7-12-3-2-4-13(12)9-15/h5-9H,2-4H2,1H3. The number of rotatable bonds is 2. The minimum Gasteiger partial charge on any atom is -0.438 e. The topological polar surface area (TPSA) is 45.9 Å². The van der Waals surface area contributed by atoms with Crippen molar-refractivity contribution in [3.8, 4) is 17.7 Å². The quantitative estimate of drug-likeness (QED) is 0.818. The molecular formula is C16H14N2O. The lowest BCUT2D eigenvalue weighted by molar-refractivity contribution is 0.459. The van der Waals surface area contributed by atoms with Crippen molar-refractivity contribution < 1.29 is 4.74 Å². The van der Waals surface area contributed by atoms with E-state index in [4.69, 9.17) is 10.00 Å². The maximum atomic E-state index is 9.07. The fraction of sp³-hybridized carbons (Fsp3) is 0.250. The minimum absolute atomic E-state index is 0.389. The van der Waals surface area contributed by atoms with E-state index in [1.165, 1.54) is 17.5 Å². The summed E-state index contributed by atoms with van der Waals surface area (Å²) in [6.07, 6.45) is 3.48. The van der Waals surface area contributed by atoms with Gasteiger partial charge in [0.2, 0.25) is 5.88 Å². The third-order valence-electron chi connectivity index (χ3n) is 3.40. The van der Waals surface area contributed by atoms with Crippen LogP contribution >= 0.6 is 0 Å². The van der Waals surface area contributed by atoms with E-state index in [1.54, 1.807) is 6.07 Å². The molecule has 1 aliphatic rings. The zero-order valence-corrected chi connectivity index (χ0v) is 10.8. The number of aromatic nitrogens is 1. The molecule has 3 heteroatoms. The highest BCUT2D eigenvalue weighted by molar-refractivity contribution is 5.44. The van der Waals surface area contributed by atoms with Gasteiger partial charge in [-0.05, 0) is 61.6 Å². The molecular weight excluding hydrogens is 236 g/mol. The first-order valence-electron chi connectivity index (χ1n) is 6.43. The number of nitrogens with zero attached hydrogens (tertiary/aromatic N) is 2. The second-order valence-electron chi connectivity index (χ2n) is 4.80. The molecule has 1 aromatic heterocycles. The van der Waals surface area contributed by atoms with E-state index in [9.17, 15) is 0 Å². The number of hydrogen-bond acceptors (Lipinski definition) is 3. The summed E-state index contributed by atoms with van der Waals surface area (Å²) >= 11 is 0. The summed E-state index contributed by atoms with van der Waals surface area (Å²) in [6.45, 7) is 1.89. The number of nitriles is 1. The lowest BCUT2D eigenvalue weighted by Gasteiger charge is -2.08. The number of benzene rings is 1. The molecule has 0 aliphatic heterocycles. The van der Waals surface area contributed by atoms with Crippen molar-refractivity contribution in [3.05, 3.63) is 52.7 Å². The predicted molar refractivity (Wildman–Crippen MR) is 72.2 cm³/mol. The largest absolute Gasteiger partial charge is 0.438 e. The molecule has 0 spiro atoms. The van der Waals surface area contributed by atoms with E-state index in [0.717, 1.165) is 24.3 Å². The van der Waals surface area contributed by atoms with E-state index >= 15 is 0 Å². The maximum Gasteiger partial charge on any atom is 0.237 e. The molecule has 0 amide bonds. The van der Waals surface area contributed by atoms with E-state index in [-0.39, 0.29) is 0 Å². The molecule has 0 saturated carbocycles. The van der Waals surface area contributed by atoms with Crippen LogP contribution < -0.4 is 4.74 Å². The molecule has 0 N–H and O–H groups in total. The molecule has 1 aromatic carbocycles. The lowest BCUT2D eigenvalue weighted by atomic mass is 10.1. The predicted octanol–water partition coefficient (Wildman–Crippen LogP) is 3.54. The molecule has 19 heavy (non-hydrogen) atoms. The number of ether oxygens (including phenoxy) is 1. The Bertz CT molecular complexity index is 671. The number of aryl methyl sites for hydroxylation is 3. The first-order valence-corrected chi connectivity index (χ1v) is 6.43. The van der Waals surface area contributed by atoms with Crippen LogP contribution in [-0.4, -0.2) is 4.98 Å². The van der Waals surface area contributed by atoms with Crippen molar-refractivity contribution in [2.75, 3.05) is 0 Å². The minimum atomic E-state index is 0.389.